The van der Waals surface area contributed by atoms with Gasteiger partial charge in [-0.25, -0.2) is 13.8 Å². The summed E-state index contributed by atoms with van der Waals surface area (Å²) in [5, 5.41) is 18.0. The van der Waals surface area contributed by atoms with Gasteiger partial charge in [0.15, 0.2) is 0 Å². The molecule has 0 amide bonds. The number of benzene rings is 1. The molecule has 1 saturated heterocycles. The Bertz CT molecular complexity index is 1410. The average Bonchev–Trinajstić information content (AvgIpc) is 3.27. The monoisotopic (exact) mass is 523 g/mol. The lowest BCUT2D eigenvalue weighted by Gasteiger charge is -2.40. The Morgan fingerprint density at radius 2 is 1.92 bits per heavy atom. The number of anilines is 3. The Morgan fingerprint density at radius 3 is 2.63 bits per heavy atom. The molecule has 1 fully saturated rings. The van der Waals surface area contributed by atoms with Gasteiger partial charge in [0.25, 0.3) is 0 Å². The smallest absolute Gasteiger partial charge is 0.229 e. The number of hydrogen-bond donors (Lipinski definition) is 3. The molecule has 3 unspecified atom stereocenters. The zero-order chi connectivity index (χ0) is 27.0. The number of rotatable bonds is 7. The van der Waals surface area contributed by atoms with Crippen molar-refractivity contribution >= 4 is 22.8 Å². The minimum absolute atomic E-state index is 0.00985. The predicted octanol–water partition coefficient (Wildman–Crippen LogP) is 3.88. The molecule has 3 aromatic heterocycles. The highest BCUT2D eigenvalue weighted by atomic mass is 19.1. The van der Waals surface area contributed by atoms with E-state index >= 15 is 8.78 Å². The highest BCUT2D eigenvalue weighted by Gasteiger charge is 2.32. The molecule has 0 saturated carbocycles. The Hall–Kier alpha value is -3.67. The number of hydrogen-bond acceptors (Lipinski definition) is 8. The summed E-state index contributed by atoms with van der Waals surface area (Å²) in [7, 11) is 0. The quantitative estimate of drug-likeness (QED) is 0.335. The summed E-state index contributed by atoms with van der Waals surface area (Å²) in [5.74, 6) is -1.10. The van der Waals surface area contributed by atoms with E-state index in [1.807, 2.05) is 26.8 Å². The van der Waals surface area contributed by atoms with E-state index in [0.717, 1.165) is 5.69 Å². The largest absolute Gasteiger partial charge is 0.391 e. The number of nitrogens with one attached hydrogen (secondary N) is 1. The molecule has 0 bridgehead atoms. The topological polar surface area (TPSA) is 114 Å². The highest BCUT2D eigenvalue weighted by Crippen LogP contribution is 2.32. The maximum Gasteiger partial charge on any atom is 0.229 e. The van der Waals surface area contributed by atoms with Crippen LogP contribution in [0, 0.1) is 17.6 Å². The fourth-order valence-corrected chi connectivity index (χ4v) is 4.71. The zero-order valence-corrected chi connectivity index (χ0v) is 21.5. The molecule has 1 aliphatic heterocycles. The molecule has 11 heteroatoms. The summed E-state index contributed by atoms with van der Waals surface area (Å²) >= 11 is 0. The van der Waals surface area contributed by atoms with Crippen LogP contribution in [0.5, 0.6) is 0 Å². The first-order chi connectivity index (χ1) is 18.2. The number of aliphatic hydroxyl groups is 1. The molecular formula is C27H31F2N7O2. The summed E-state index contributed by atoms with van der Waals surface area (Å²) in [4.78, 5) is 10.8. The Morgan fingerprint density at radius 1 is 1.16 bits per heavy atom. The number of pyridine rings is 1. The van der Waals surface area contributed by atoms with Crippen molar-refractivity contribution in [3.05, 3.63) is 66.1 Å². The van der Waals surface area contributed by atoms with Crippen LogP contribution in [0.2, 0.25) is 0 Å². The molecule has 200 valence electrons. The second-order valence-corrected chi connectivity index (χ2v) is 9.99. The van der Waals surface area contributed by atoms with Crippen LogP contribution in [0.1, 0.15) is 26.3 Å². The number of aromatic nitrogens is 4. The van der Waals surface area contributed by atoms with Gasteiger partial charge in [0.05, 0.1) is 59.4 Å². The number of fused-ring (bicyclic) bond motifs is 1. The second-order valence-electron chi connectivity index (χ2n) is 9.99. The maximum absolute atomic E-state index is 15.0. The van der Waals surface area contributed by atoms with Gasteiger partial charge in [0, 0.05) is 31.2 Å². The number of imidazole rings is 1. The van der Waals surface area contributed by atoms with Gasteiger partial charge in [-0.2, -0.15) is 9.61 Å². The van der Waals surface area contributed by atoms with E-state index < -0.39 is 17.7 Å². The Kier molecular flexibility index (Phi) is 7.24. The van der Waals surface area contributed by atoms with Crippen LogP contribution < -0.4 is 16.0 Å². The maximum atomic E-state index is 15.0. The van der Waals surface area contributed by atoms with Crippen LogP contribution in [-0.4, -0.2) is 56.0 Å². The number of nitrogens with two attached hydrogens (primary N) is 1. The van der Waals surface area contributed by atoms with Crippen LogP contribution in [-0.2, 0) is 11.3 Å². The molecule has 5 rings (SSSR count). The number of halogens is 2. The van der Waals surface area contributed by atoms with Crippen molar-refractivity contribution in [2.24, 2.45) is 11.7 Å². The van der Waals surface area contributed by atoms with Crippen molar-refractivity contribution in [3.63, 3.8) is 0 Å². The molecule has 0 aliphatic carbocycles. The van der Waals surface area contributed by atoms with Gasteiger partial charge in [0.2, 0.25) is 5.95 Å². The van der Waals surface area contributed by atoms with E-state index in [1.54, 1.807) is 30.7 Å². The van der Waals surface area contributed by atoms with E-state index in [-0.39, 0.29) is 35.9 Å². The molecule has 1 aliphatic rings. The van der Waals surface area contributed by atoms with Crippen molar-refractivity contribution in [2.75, 3.05) is 23.3 Å². The molecule has 0 spiro atoms. The summed E-state index contributed by atoms with van der Waals surface area (Å²) in [6.07, 6.45) is 4.34. The van der Waals surface area contributed by atoms with E-state index in [2.05, 4.69) is 25.3 Å². The van der Waals surface area contributed by atoms with Crippen molar-refractivity contribution in [2.45, 2.75) is 45.6 Å². The minimum Gasteiger partial charge on any atom is -0.391 e. The standard InChI is InChI=1S/C27H31F2N7O2/c1-15(2)38-14-17-8-19(28)25(20(29)9-17)22-5-4-18-10-32-27(36(18)34-22)33-23-11-31-7-6-24(23)35-12-16(3)26(37)21(30)13-35/h4-11,15-16,21,26,37H,12-14,30H2,1-3H3,(H,32,33). The van der Waals surface area contributed by atoms with Crippen LogP contribution in [0.25, 0.3) is 16.8 Å². The van der Waals surface area contributed by atoms with Gasteiger partial charge in [-0.1, -0.05) is 6.92 Å². The van der Waals surface area contributed by atoms with Crippen molar-refractivity contribution in [1.29, 1.82) is 0 Å². The molecule has 4 N–H and O–H groups in total. The van der Waals surface area contributed by atoms with Gasteiger partial charge in [-0.3, -0.25) is 4.98 Å². The number of aliphatic hydroxyl groups excluding tert-OH is 1. The highest BCUT2D eigenvalue weighted by molar-refractivity contribution is 5.74. The summed E-state index contributed by atoms with van der Waals surface area (Å²) in [5.41, 5.74) is 8.63. The third-order valence-corrected chi connectivity index (χ3v) is 6.67. The van der Waals surface area contributed by atoms with E-state index in [0.29, 0.717) is 35.8 Å². The van der Waals surface area contributed by atoms with Crippen LogP contribution >= 0.6 is 0 Å². The van der Waals surface area contributed by atoms with Crippen molar-refractivity contribution in [3.8, 4) is 11.3 Å². The van der Waals surface area contributed by atoms with Gasteiger partial charge in [-0.15, -0.1) is 0 Å². The number of ether oxygens (including phenoxy) is 1. The Labute approximate surface area is 219 Å². The number of piperidine rings is 1. The van der Waals surface area contributed by atoms with Crippen molar-refractivity contribution in [1.82, 2.24) is 19.6 Å². The zero-order valence-electron chi connectivity index (χ0n) is 21.5. The van der Waals surface area contributed by atoms with Crippen LogP contribution in [0.3, 0.4) is 0 Å². The van der Waals surface area contributed by atoms with Gasteiger partial charge in [0.1, 0.15) is 11.6 Å². The fourth-order valence-electron chi connectivity index (χ4n) is 4.71. The molecular weight excluding hydrogens is 492 g/mol. The lowest BCUT2D eigenvalue weighted by atomic mass is 9.92. The van der Waals surface area contributed by atoms with Crippen LogP contribution in [0.15, 0.2) is 48.9 Å². The molecule has 3 atom stereocenters. The molecule has 1 aromatic carbocycles. The van der Waals surface area contributed by atoms with E-state index in [4.69, 9.17) is 10.5 Å². The van der Waals surface area contributed by atoms with Crippen LogP contribution in [0.4, 0.5) is 26.1 Å². The second kappa shape index (κ2) is 10.6. The third kappa shape index (κ3) is 5.17. The molecule has 0 radical (unpaired) electrons. The fraction of sp³-hybridized carbons (Fsp3) is 0.370. The first-order valence-corrected chi connectivity index (χ1v) is 12.6. The van der Waals surface area contributed by atoms with E-state index in [1.165, 1.54) is 16.6 Å². The number of nitrogens with zero attached hydrogens (tertiary/aromatic N) is 5. The Balaban J connectivity index is 1.46. The molecule has 4 heterocycles. The summed E-state index contributed by atoms with van der Waals surface area (Å²) < 4.78 is 37.0. The first kappa shape index (κ1) is 26.0. The van der Waals surface area contributed by atoms with Gasteiger partial charge >= 0.3 is 0 Å². The third-order valence-electron chi connectivity index (χ3n) is 6.67. The van der Waals surface area contributed by atoms with Gasteiger partial charge < -0.3 is 25.8 Å². The minimum atomic E-state index is -0.721. The summed E-state index contributed by atoms with van der Waals surface area (Å²) in [6.45, 7) is 6.89. The van der Waals surface area contributed by atoms with Crippen molar-refractivity contribution < 1.29 is 18.6 Å². The normalized spacial score (nSPS) is 19.9. The average molecular weight is 524 g/mol. The lowest BCUT2D eigenvalue weighted by Crippen LogP contribution is -2.55. The predicted molar refractivity (Wildman–Crippen MR) is 141 cm³/mol. The van der Waals surface area contributed by atoms with E-state index in [9.17, 15) is 5.11 Å². The molecule has 38 heavy (non-hydrogen) atoms. The molecule has 4 aromatic rings. The molecule has 9 nitrogen and oxygen atoms in total. The van der Waals surface area contributed by atoms with Gasteiger partial charge in [-0.05, 0) is 49.7 Å². The SMILES string of the molecule is CC(C)OCc1cc(F)c(-c2ccc3cnc(Nc4cnccc4N4CC(C)C(O)C(N)C4)n3n2)c(F)c1. The first-order valence-electron chi connectivity index (χ1n) is 12.6. The lowest BCUT2D eigenvalue weighted by molar-refractivity contribution is 0.0654. The summed E-state index contributed by atoms with van der Waals surface area (Å²) in [6, 6.07) is 7.27.